The molecule has 1 fully saturated rings. The average molecular weight is 294 g/mol. The first-order valence-electron chi connectivity index (χ1n) is 7.68. The van der Waals surface area contributed by atoms with Crippen molar-refractivity contribution in [1.82, 2.24) is 9.97 Å². The average Bonchev–Trinajstić information content (AvgIpc) is 2.48. The molecule has 1 aromatic rings. The molecule has 2 heterocycles. The van der Waals surface area contributed by atoms with Gasteiger partial charge in [0.25, 0.3) is 0 Å². The summed E-state index contributed by atoms with van der Waals surface area (Å²) in [6.07, 6.45) is 1.56. The maximum Gasteiger partial charge on any atom is 0.135 e. The maximum absolute atomic E-state index is 9.78. The van der Waals surface area contributed by atoms with Crippen LogP contribution >= 0.6 is 0 Å². The van der Waals surface area contributed by atoms with Crippen LogP contribution < -0.4 is 10.6 Å². The van der Waals surface area contributed by atoms with Gasteiger partial charge in [-0.2, -0.15) is 0 Å². The van der Waals surface area contributed by atoms with Gasteiger partial charge in [0.15, 0.2) is 0 Å². The molecular weight excluding hydrogens is 268 g/mol. The Bertz CT molecular complexity index is 459. The van der Waals surface area contributed by atoms with Crippen molar-refractivity contribution in [2.45, 2.75) is 45.1 Å². The molecule has 3 N–H and O–H groups in total. The van der Waals surface area contributed by atoms with Gasteiger partial charge < -0.3 is 20.5 Å². The quantitative estimate of drug-likeness (QED) is 0.744. The summed E-state index contributed by atoms with van der Waals surface area (Å²) in [6.45, 7) is 8.40. The van der Waals surface area contributed by atoms with Crippen molar-refractivity contribution in [2.24, 2.45) is 0 Å². The van der Waals surface area contributed by atoms with E-state index in [1.165, 1.54) is 0 Å². The number of ether oxygens (including phenoxy) is 1. The first-order valence-corrected chi connectivity index (χ1v) is 7.68. The molecule has 0 aliphatic carbocycles. The highest BCUT2D eigenvalue weighted by Gasteiger charge is 2.32. The fraction of sp³-hybridized carbons (Fsp3) is 0.733. The zero-order chi connectivity index (χ0) is 15.3. The Hall–Kier alpha value is -1.40. The van der Waals surface area contributed by atoms with Gasteiger partial charge in [-0.3, -0.25) is 0 Å². The molecule has 118 valence electrons. The highest BCUT2D eigenvalue weighted by atomic mass is 16.5. The van der Waals surface area contributed by atoms with Crippen LogP contribution in [0.2, 0.25) is 0 Å². The molecule has 1 aromatic heterocycles. The van der Waals surface area contributed by atoms with Crippen LogP contribution in [0.1, 0.15) is 45.4 Å². The van der Waals surface area contributed by atoms with E-state index in [-0.39, 0.29) is 18.1 Å². The first-order chi connectivity index (χ1) is 10.1. The van der Waals surface area contributed by atoms with Gasteiger partial charge in [-0.25, -0.2) is 9.97 Å². The second kappa shape index (κ2) is 7.04. The van der Waals surface area contributed by atoms with Crippen LogP contribution in [0.5, 0.6) is 0 Å². The molecule has 1 aliphatic rings. The van der Waals surface area contributed by atoms with Crippen LogP contribution in [0.25, 0.3) is 0 Å². The van der Waals surface area contributed by atoms with E-state index in [2.05, 4.69) is 34.4 Å². The van der Waals surface area contributed by atoms with E-state index in [0.717, 1.165) is 36.8 Å². The molecule has 0 atom stereocenters. The van der Waals surface area contributed by atoms with E-state index in [4.69, 9.17) is 4.74 Å². The molecule has 6 nitrogen and oxygen atoms in total. The van der Waals surface area contributed by atoms with Gasteiger partial charge in [0.1, 0.15) is 17.5 Å². The normalized spacial score (nSPS) is 17.8. The van der Waals surface area contributed by atoms with Gasteiger partial charge in [-0.1, -0.05) is 13.8 Å². The summed E-state index contributed by atoms with van der Waals surface area (Å²) in [5.41, 5.74) is -0.343. The molecule has 0 amide bonds. The van der Waals surface area contributed by atoms with Crippen LogP contribution in [0.3, 0.4) is 0 Å². The number of rotatable bonds is 6. The van der Waals surface area contributed by atoms with E-state index in [1.807, 2.05) is 13.0 Å². The third-order valence-corrected chi connectivity index (χ3v) is 3.76. The molecule has 0 bridgehead atoms. The van der Waals surface area contributed by atoms with E-state index in [9.17, 15) is 5.11 Å². The summed E-state index contributed by atoms with van der Waals surface area (Å²) >= 11 is 0. The molecule has 1 aliphatic heterocycles. The molecule has 6 heteroatoms. The van der Waals surface area contributed by atoms with Crippen LogP contribution in [-0.4, -0.2) is 47.0 Å². The number of anilines is 2. The van der Waals surface area contributed by atoms with Crippen LogP contribution in [0.4, 0.5) is 11.6 Å². The zero-order valence-corrected chi connectivity index (χ0v) is 13.1. The van der Waals surface area contributed by atoms with Gasteiger partial charge in [0, 0.05) is 31.7 Å². The molecule has 0 unspecified atom stereocenters. The number of aliphatic hydroxyl groups is 1. The number of hydrogen-bond acceptors (Lipinski definition) is 6. The van der Waals surface area contributed by atoms with Crippen molar-refractivity contribution in [3.63, 3.8) is 0 Å². The van der Waals surface area contributed by atoms with Crippen LogP contribution in [0.15, 0.2) is 6.07 Å². The van der Waals surface area contributed by atoms with Crippen LogP contribution in [-0.2, 0) is 4.74 Å². The van der Waals surface area contributed by atoms with Crippen molar-refractivity contribution in [2.75, 3.05) is 37.0 Å². The smallest absolute Gasteiger partial charge is 0.135 e. The van der Waals surface area contributed by atoms with Gasteiger partial charge in [-0.15, -0.1) is 0 Å². The van der Waals surface area contributed by atoms with Gasteiger partial charge in [0.2, 0.25) is 0 Å². The number of nitrogens with zero attached hydrogens (tertiary/aromatic N) is 2. The third kappa shape index (κ3) is 4.04. The summed E-state index contributed by atoms with van der Waals surface area (Å²) in [5, 5.41) is 16.4. The second-order valence-electron chi connectivity index (χ2n) is 5.86. The SMILES string of the molecule is CCNc1cc(NC2(CO)CCOCC2)nc(C(C)C)n1. The summed E-state index contributed by atoms with van der Waals surface area (Å²) < 4.78 is 5.39. The Morgan fingerprint density at radius 1 is 1.29 bits per heavy atom. The summed E-state index contributed by atoms with van der Waals surface area (Å²) in [7, 11) is 0. The monoisotopic (exact) mass is 294 g/mol. The van der Waals surface area contributed by atoms with Crippen molar-refractivity contribution in [3.05, 3.63) is 11.9 Å². The fourth-order valence-corrected chi connectivity index (χ4v) is 2.42. The standard InChI is InChI=1S/C15H26N4O2/c1-4-16-12-9-13(18-14(17-12)11(2)3)19-15(10-20)5-7-21-8-6-15/h9,11,20H,4-8,10H2,1-3H3,(H2,16,17,18,19). The summed E-state index contributed by atoms with van der Waals surface area (Å²) in [6, 6.07) is 1.91. The Balaban J connectivity index is 2.24. The number of aromatic nitrogens is 2. The summed E-state index contributed by atoms with van der Waals surface area (Å²) in [4.78, 5) is 9.10. The predicted octanol–water partition coefficient (Wildman–Crippen LogP) is 1.99. The molecule has 0 radical (unpaired) electrons. The second-order valence-corrected chi connectivity index (χ2v) is 5.86. The van der Waals surface area contributed by atoms with E-state index < -0.39 is 0 Å². The van der Waals surface area contributed by atoms with E-state index in [0.29, 0.717) is 13.2 Å². The first kappa shape index (κ1) is 16.0. The topological polar surface area (TPSA) is 79.3 Å². The molecule has 1 saturated heterocycles. The molecule has 0 spiro atoms. The van der Waals surface area contributed by atoms with Crippen molar-refractivity contribution in [1.29, 1.82) is 0 Å². The molecule has 2 rings (SSSR count). The highest BCUT2D eigenvalue weighted by Crippen LogP contribution is 2.26. The highest BCUT2D eigenvalue weighted by molar-refractivity contribution is 5.49. The Kier molecular flexibility index (Phi) is 5.36. The predicted molar refractivity (Wildman–Crippen MR) is 83.8 cm³/mol. The Labute approximate surface area is 126 Å². The third-order valence-electron chi connectivity index (χ3n) is 3.76. The lowest BCUT2D eigenvalue weighted by Crippen LogP contribution is -2.47. The minimum Gasteiger partial charge on any atom is -0.394 e. The largest absolute Gasteiger partial charge is 0.394 e. The van der Waals surface area contributed by atoms with Crippen molar-refractivity contribution >= 4 is 11.6 Å². The van der Waals surface area contributed by atoms with Crippen molar-refractivity contribution < 1.29 is 9.84 Å². The van der Waals surface area contributed by atoms with Gasteiger partial charge >= 0.3 is 0 Å². The van der Waals surface area contributed by atoms with Crippen molar-refractivity contribution in [3.8, 4) is 0 Å². The molecule has 0 saturated carbocycles. The zero-order valence-electron chi connectivity index (χ0n) is 13.1. The van der Waals surface area contributed by atoms with Crippen LogP contribution in [0, 0.1) is 0 Å². The number of aliphatic hydroxyl groups excluding tert-OH is 1. The number of nitrogens with one attached hydrogen (secondary N) is 2. The summed E-state index contributed by atoms with van der Waals surface area (Å²) in [5.74, 6) is 2.64. The van der Waals surface area contributed by atoms with Gasteiger partial charge in [-0.05, 0) is 19.8 Å². The lowest BCUT2D eigenvalue weighted by molar-refractivity contribution is 0.0378. The maximum atomic E-state index is 9.78. The number of hydrogen-bond donors (Lipinski definition) is 3. The lowest BCUT2D eigenvalue weighted by Gasteiger charge is -2.36. The van der Waals surface area contributed by atoms with E-state index in [1.54, 1.807) is 0 Å². The minimum atomic E-state index is -0.343. The van der Waals surface area contributed by atoms with Gasteiger partial charge in [0.05, 0.1) is 12.1 Å². The minimum absolute atomic E-state index is 0.0773. The van der Waals surface area contributed by atoms with E-state index >= 15 is 0 Å². The lowest BCUT2D eigenvalue weighted by atomic mass is 9.91. The fourth-order valence-electron chi connectivity index (χ4n) is 2.42. The molecular formula is C15H26N4O2. The molecule has 0 aromatic carbocycles. The Morgan fingerprint density at radius 2 is 1.95 bits per heavy atom. The Morgan fingerprint density at radius 3 is 2.52 bits per heavy atom. The molecule has 21 heavy (non-hydrogen) atoms.